The number of anilines is 1. The maximum atomic E-state index is 13.5. The first-order valence-electron chi connectivity index (χ1n) is 16.1. The van der Waals surface area contributed by atoms with Gasteiger partial charge in [-0.25, -0.2) is 0 Å². The lowest BCUT2D eigenvalue weighted by molar-refractivity contribution is -0.122. The monoisotopic (exact) mass is 620 g/mol. The van der Waals surface area contributed by atoms with Crippen LogP contribution in [0.25, 0.3) is 6.08 Å². The van der Waals surface area contributed by atoms with Crippen molar-refractivity contribution in [1.29, 1.82) is 5.26 Å². The fourth-order valence-corrected chi connectivity index (χ4v) is 6.72. The SMILES string of the molecule is CCCCCCCCCCCCN1C(=O)/C(=C\c2c(C)c(C#N)c(=O)n(CCCC)c2NCCc2ccccc2)SC1=S. The molecule has 2 aromatic rings. The summed E-state index contributed by atoms with van der Waals surface area (Å²) < 4.78 is 2.25. The van der Waals surface area contributed by atoms with Crippen molar-refractivity contribution >= 4 is 46.1 Å². The summed E-state index contributed by atoms with van der Waals surface area (Å²) in [4.78, 5) is 29.1. The normalized spacial score (nSPS) is 14.1. The van der Waals surface area contributed by atoms with E-state index in [4.69, 9.17) is 12.2 Å². The largest absolute Gasteiger partial charge is 0.371 e. The summed E-state index contributed by atoms with van der Waals surface area (Å²) >= 11 is 6.94. The number of hydrogen-bond acceptors (Lipinski definition) is 6. The van der Waals surface area contributed by atoms with Crippen LogP contribution in [0.15, 0.2) is 40.0 Å². The average molecular weight is 621 g/mol. The molecule has 1 saturated heterocycles. The number of nitrogens with one attached hydrogen (secondary N) is 1. The van der Waals surface area contributed by atoms with E-state index in [2.05, 4.69) is 37.4 Å². The molecular weight excluding hydrogens is 573 g/mol. The first-order valence-corrected chi connectivity index (χ1v) is 17.4. The summed E-state index contributed by atoms with van der Waals surface area (Å²) in [6, 6.07) is 12.3. The van der Waals surface area contributed by atoms with Crippen molar-refractivity contribution in [3.8, 4) is 6.07 Å². The molecule has 0 radical (unpaired) electrons. The Labute approximate surface area is 267 Å². The molecule has 6 nitrogen and oxygen atoms in total. The molecule has 8 heteroatoms. The van der Waals surface area contributed by atoms with Crippen LogP contribution in [0.5, 0.6) is 0 Å². The maximum Gasteiger partial charge on any atom is 0.270 e. The summed E-state index contributed by atoms with van der Waals surface area (Å²) in [7, 11) is 0. The summed E-state index contributed by atoms with van der Waals surface area (Å²) in [6.07, 6.45) is 16.7. The lowest BCUT2D eigenvalue weighted by Gasteiger charge is -2.20. The number of carbonyl (C=O) groups excluding carboxylic acids is 1. The van der Waals surface area contributed by atoms with Gasteiger partial charge in [-0.05, 0) is 43.4 Å². The highest BCUT2D eigenvalue weighted by Gasteiger charge is 2.32. The van der Waals surface area contributed by atoms with Crippen LogP contribution >= 0.6 is 24.0 Å². The van der Waals surface area contributed by atoms with Crippen LogP contribution in [-0.2, 0) is 17.8 Å². The molecule has 1 N–H and O–H groups in total. The number of pyridine rings is 1. The third-order valence-electron chi connectivity index (χ3n) is 8.04. The zero-order chi connectivity index (χ0) is 31.0. The van der Waals surface area contributed by atoms with Gasteiger partial charge in [-0.15, -0.1) is 0 Å². The fraction of sp³-hybridized carbons (Fsp3) is 0.543. The predicted octanol–water partition coefficient (Wildman–Crippen LogP) is 8.61. The van der Waals surface area contributed by atoms with Gasteiger partial charge in [0.05, 0.1) is 4.91 Å². The van der Waals surface area contributed by atoms with Crippen molar-refractivity contribution in [3.05, 3.63) is 67.8 Å². The molecule has 232 valence electrons. The smallest absolute Gasteiger partial charge is 0.270 e. The van der Waals surface area contributed by atoms with E-state index in [0.29, 0.717) is 45.8 Å². The van der Waals surface area contributed by atoms with E-state index in [1.165, 1.54) is 68.7 Å². The van der Waals surface area contributed by atoms with Crippen LogP contribution in [0.3, 0.4) is 0 Å². The van der Waals surface area contributed by atoms with Gasteiger partial charge in [0.2, 0.25) is 0 Å². The summed E-state index contributed by atoms with van der Waals surface area (Å²) in [5.74, 6) is 0.566. The third-order valence-corrected chi connectivity index (χ3v) is 9.42. The number of carbonyl (C=O) groups is 1. The lowest BCUT2D eigenvalue weighted by Crippen LogP contribution is -2.29. The Morgan fingerprint density at radius 3 is 2.16 bits per heavy atom. The highest BCUT2D eigenvalue weighted by molar-refractivity contribution is 8.26. The van der Waals surface area contributed by atoms with E-state index in [9.17, 15) is 14.9 Å². The number of benzene rings is 1. The molecule has 1 fully saturated rings. The highest BCUT2D eigenvalue weighted by Crippen LogP contribution is 2.35. The summed E-state index contributed by atoms with van der Waals surface area (Å²) in [6.45, 7) is 7.85. The van der Waals surface area contributed by atoms with E-state index in [0.717, 1.165) is 32.1 Å². The molecule has 0 bridgehead atoms. The van der Waals surface area contributed by atoms with Crippen LogP contribution in [0, 0.1) is 18.3 Å². The zero-order valence-corrected chi connectivity index (χ0v) is 27.9. The van der Waals surface area contributed by atoms with E-state index < -0.39 is 0 Å². The summed E-state index contributed by atoms with van der Waals surface area (Å²) in [5, 5.41) is 13.4. The predicted molar refractivity (Wildman–Crippen MR) is 185 cm³/mol. The minimum atomic E-state index is -0.290. The Morgan fingerprint density at radius 2 is 1.53 bits per heavy atom. The van der Waals surface area contributed by atoms with Crippen molar-refractivity contribution in [2.75, 3.05) is 18.4 Å². The molecule has 2 heterocycles. The number of hydrogen-bond donors (Lipinski definition) is 1. The van der Waals surface area contributed by atoms with Gasteiger partial charge in [-0.2, -0.15) is 5.26 Å². The van der Waals surface area contributed by atoms with Gasteiger partial charge in [-0.1, -0.05) is 132 Å². The van der Waals surface area contributed by atoms with Crippen LogP contribution in [0.4, 0.5) is 5.82 Å². The Bertz CT molecular complexity index is 1340. The number of thiocarbonyl (C=S) groups is 1. The second kappa shape index (κ2) is 18.7. The Hall–Kier alpha value is -2.89. The quantitative estimate of drug-likeness (QED) is 0.0963. The zero-order valence-electron chi connectivity index (χ0n) is 26.3. The molecule has 1 aromatic heterocycles. The molecule has 1 aliphatic rings. The van der Waals surface area contributed by atoms with Gasteiger partial charge >= 0.3 is 0 Å². The first kappa shape index (κ1) is 34.6. The lowest BCUT2D eigenvalue weighted by atomic mass is 10.0. The first-order chi connectivity index (χ1) is 20.9. The third kappa shape index (κ3) is 10.1. The van der Waals surface area contributed by atoms with Crippen LogP contribution in [-0.4, -0.2) is 32.8 Å². The van der Waals surface area contributed by atoms with Crippen molar-refractivity contribution < 1.29 is 4.79 Å². The minimum Gasteiger partial charge on any atom is -0.371 e. The Morgan fingerprint density at radius 1 is 0.907 bits per heavy atom. The van der Waals surface area contributed by atoms with Crippen molar-refractivity contribution in [2.24, 2.45) is 0 Å². The number of amides is 1. The van der Waals surface area contributed by atoms with Crippen molar-refractivity contribution in [2.45, 2.75) is 111 Å². The van der Waals surface area contributed by atoms with Crippen molar-refractivity contribution in [3.63, 3.8) is 0 Å². The molecule has 43 heavy (non-hydrogen) atoms. The highest BCUT2D eigenvalue weighted by atomic mass is 32.2. The second-order valence-corrected chi connectivity index (χ2v) is 13.0. The van der Waals surface area contributed by atoms with E-state index in [1.54, 1.807) is 16.4 Å². The van der Waals surface area contributed by atoms with Gasteiger partial charge in [0.15, 0.2) is 0 Å². The van der Waals surface area contributed by atoms with Gasteiger partial charge < -0.3 is 5.32 Å². The molecule has 0 unspecified atom stereocenters. The Kier molecular flexibility index (Phi) is 15.0. The second-order valence-electron chi connectivity index (χ2n) is 11.4. The number of rotatable bonds is 19. The standard InChI is InChI=1S/C35H48N4O2S2/c1-4-6-8-9-10-11-12-13-14-18-24-39-34(41)31(43-35(39)42)25-29-27(3)30(26-36)33(40)38(23-7-5-2)32(29)37-22-21-28-19-16-15-17-20-28/h15-17,19-20,25,37H,4-14,18,21-24H2,1-3H3/b31-25+. The molecule has 1 aliphatic heterocycles. The number of nitrogens with zero attached hydrogens (tertiary/aromatic N) is 3. The van der Waals surface area contributed by atoms with Gasteiger partial charge in [0.25, 0.3) is 11.5 Å². The number of aromatic nitrogens is 1. The van der Waals surface area contributed by atoms with E-state index in [1.807, 2.05) is 24.3 Å². The van der Waals surface area contributed by atoms with Crippen LogP contribution in [0.1, 0.15) is 113 Å². The molecule has 0 saturated carbocycles. The average Bonchev–Trinajstić information content (AvgIpc) is 3.27. The van der Waals surface area contributed by atoms with Gasteiger partial charge in [-0.3, -0.25) is 19.1 Å². The van der Waals surface area contributed by atoms with Crippen LogP contribution < -0.4 is 10.9 Å². The molecular formula is C35H48N4O2S2. The number of nitriles is 1. The maximum absolute atomic E-state index is 13.5. The van der Waals surface area contributed by atoms with Crippen LogP contribution in [0.2, 0.25) is 0 Å². The van der Waals surface area contributed by atoms with Crippen molar-refractivity contribution in [1.82, 2.24) is 9.47 Å². The Balaban J connectivity index is 1.75. The van der Waals surface area contributed by atoms with E-state index in [-0.39, 0.29) is 17.0 Å². The van der Waals surface area contributed by atoms with Gasteiger partial charge in [0, 0.05) is 25.2 Å². The topological polar surface area (TPSA) is 78.1 Å². The number of thioether (sulfide) groups is 1. The minimum absolute atomic E-state index is 0.0922. The molecule has 1 aromatic carbocycles. The molecule has 0 aliphatic carbocycles. The van der Waals surface area contributed by atoms with E-state index >= 15 is 0 Å². The molecule has 0 atom stereocenters. The molecule has 3 rings (SSSR count). The molecule has 1 amide bonds. The number of unbranched alkanes of at least 4 members (excludes halogenated alkanes) is 10. The summed E-state index contributed by atoms with van der Waals surface area (Å²) in [5.41, 5.74) is 2.32. The van der Waals surface area contributed by atoms with Gasteiger partial charge in [0.1, 0.15) is 21.8 Å². The fourth-order valence-electron chi connectivity index (χ4n) is 5.43. The molecule has 0 spiro atoms.